The minimum Gasteiger partial charge on any atom is -0.481 e. The van der Waals surface area contributed by atoms with Gasteiger partial charge in [-0.2, -0.15) is 0 Å². The summed E-state index contributed by atoms with van der Waals surface area (Å²) >= 11 is 0. The average Bonchev–Trinajstić information content (AvgIpc) is 3.07. The van der Waals surface area contributed by atoms with Crippen LogP contribution in [0.3, 0.4) is 0 Å². The average molecular weight is 246 g/mol. The summed E-state index contributed by atoms with van der Waals surface area (Å²) in [6, 6.07) is 0. The van der Waals surface area contributed by atoms with Gasteiger partial charge in [0, 0.05) is 0 Å². The van der Waals surface area contributed by atoms with E-state index in [2.05, 4.69) is 12.2 Å². The molecule has 6 rings (SSSR count). The summed E-state index contributed by atoms with van der Waals surface area (Å²) < 4.78 is 0. The molecule has 5 fully saturated rings. The van der Waals surface area contributed by atoms with Crippen molar-refractivity contribution in [1.82, 2.24) is 0 Å². The standard InChI is InChI=1S/C14H14O4/c15-13(16)11-9-6-3-1-2-4-5(3)8(9)10(7(4)6)12(11)14(17)18/h1-12H,(H,15,16)(H,17,18)/t3-,4+,5?,6-,7-,8?,9-,10-,11+,12-/m1/s1. The third kappa shape index (κ3) is 0.677. The van der Waals surface area contributed by atoms with Crippen molar-refractivity contribution in [3.63, 3.8) is 0 Å². The Hall–Kier alpha value is -1.32. The summed E-state index contributed by atoms with van der Waals surface area (Å²) in [5, 5.41) is 18.8. The van der Waals surface area contributed by atoms with E-state index in [0.717, 1.165) is 0 Å². The molecular weight excluding hydrogens is 232 g/mol. The monoisotopic (exact) mass is 246 g/mol. The molecule has 0 aromatic rings. The Labute approximate surface area is 104 Å². The predicted octanol–water partition coefficient (Wildman–Crippen LogP) is 0.942. The van der Waals surface area contributed by atoms with Crippen LogP contribution in [0, 0.1) is 59.2 Å². The van der Waals surface area contributed by atoms with Gasteiger partial charge in [-0.05, 0) is 47.3 Å². The van der Waals surface area contributed by atoms with E-state index in [1.54, 1.807) is 0 Å². The van der Waals surface area contributed by atoms with Crippen LogP contribution in [0.1, 0.15) is 0 Å². The highest BCUT2D eigenvalue weighted by atomic mass is 16.4. The third-order valence-corrected chi connectivity index (χ3v) is 6.79. The van der Waals surface area contributed by atoms with Crippen LogP contribution >= 0.6 is 0 Å². The van der Waals surface area contributed by atoms with Crippen LogP contribution in [0.25, 0.3) is 0 Å². The summed E-state index contributed by atoms with van der Waals surface area (Å²) in [7, 11) is 0. The molecule has 0 radical (unpaired) electrons. The van der Waals surface area contributed by atoms with Crippen molar-refractivity contribution in [2.45, 2.75) is 0 Å². The maximum atomic E-state index is 11.5. The minimum absolute atomic E-state index is 0.148. The van der Waals surface area contributed by atoms with Gasteiger partial charge in [0.2, 0.25) is 0 Å². The lowest BCUT2D eigenvalue weighted by molar-refractivity contribution is -0.159. The van der Waals surface area contributed by atoms with Crippen molar-refractivity contribution < 1.29 is 19.8 Å². The van der Waals surface area contributed by atoms with Gasteiger partial charge in [-0.15, -0.1) is 0 Å². The fourth-order valence-electron chi connectivity index (χ4n) is 6.95. The second kappa shape index (κ2) is 2.51. The quantitative estimate of drug-likeness (QED) is 0.711. The highest BCUT2D eigenvalue weighted by molar-refractivity contribution is 5.82. The number of aliphatic carboxylic acids is 2. The van der Waals surface area contributed by atoms with Crippen LogP contribution in [0.4, 0.5) is 0 Å². The number of carboxylic acid groups (broad SMARTS) is 2. The Kier molecular flexibility index (Phi) is 1.34. The van der Waals surface area contributed by atoms with Crippen LogP contribution in [0.5, 0.6) is 0 Å². The first kappa shape index (κ1) is 9.59. The summed E-state index contributed by atoms with van der Waals surface area (Å²) in [6.45, 7) is 0. The second-order valence-electron chi connectivity index (χ2n) is 6.73. The van der Waals surface area contributed by atoms with Gasteiger partial charge >= 0.3 is 11.9 Å². The fourth-order valence-corrected chi connectivity index (χ4v) is 6.95. The second-order valence-corrected chi connectivity index (χ2v) is 6.73. The van der Waals surface area contributed by atoms with Crippen molar-refractivity contribution in [2.24, 2.45) is 59.2 Å². The van der Waals surface area contributed by atoms with E-state index in [1.807, 2.05) is 0 Å². The Balaban J connectivity index is 1.67. The van der Waals surface area contributed by atoms with Gasteiger partial charge in [-0.25, -0.2) is 0 Å². The lowest BCUT2D eigenvalue weighted by Crippen LogP contribution is -2.43. The molecule has 0 aromatic heterocycles. The van der Waals surface area contributed by atoms with E-state index >= 15 is 0 Å². The molecule has 4 heteroatoms. The molecule has 2 unspecified atom stereocenters. The zero-order valence-corrected chi connectivity index (χ0v) is 9.64. The van der Waals surface area contributed by atoms with E-state index in [4.69, 9.17) is 0 Å². The minimum atomic E-state index is -0.884. The maximum absolute atomic E-state index is 11.5. The summed E-state index contributed by atoms with van der Waals surface area (Å²) in [4.78, 5) is 22.9. The number of hydrogen-bond donors (Lipinski definition) is 2. The van der Waals surface area contributed by atoms with Crippen molar-refractivity contribution >= 4 is 11.9 Å². The van der Waals surface area contributed by atoms with Crippen molar-refractivity contribution in [3.8, 4) is 0 Å². The molecule has 4 nitrogen and oxygen atoms in total. The third-order valence-electron chi connectivity index (χ3n) is 6.79. The molecule has 6 aliphatic carbocycles. The smallest absolute Gasteiger partial charge is 0.307 e. The molecule has 0 heterocycles. The lowest BCUT2D eigenvalue weighted by atomic mass is 9.65. The first-order chi connectivity index (χ1) is 8.63. The lowest BCUT2D eigenvalue weighted by Gasteiger charge is -2.38. The van der Waals surface area contributed by atoms with Crippen LogP contribution in [-0.2, 0) is 9.59 Å². The van der Waals surface area contributed by atoms with E-state index in [1.165, 1.54) is 0 Å². The van der Waals surface area contributed by atoms with Crippen molar-refractivity contribution in [2.75, 3.05) is 0 Å². The Morgan fingerprint density at radius 1 is 0.667 bits per heavy atom. The van der Waals surface area contributed by atoms with Crippen molar-refractivity contribution in [1.29, 1.82) is 0 Å². The molecule has 0 saturated heterocycles. The first-order valence-corrected chi connectivity index (χ1v) is 6.77. The number of rotatable bonds is 2. The normalized spacial score (nSPS) is 64.2. The zero-order valence-electron chi connectivity index (χ0n) is 9.64. The zero-order chi connectivity index (χ0) is 12.3. The van der Waals surface area contributed by atoms with Gasteiger partial charge in [0.05, 0.1) is 11.8 Å². The summed E-state index contributed by atoms with van der Waals surface area (Å²) in [5.41, 5.74) is 0. The Morgan fingerprint density at radius 3 is 1.50 bits per heavy atom. The van der Waals surface area contributed by atoms with E-state index < -0.39 is 23.8 Å². The van der Waals surface area contributed by atoms with Crippen LogP contribution < -0.4 is 0 Å². The molecule has 0 amide bonds. The Bertz CT molecular complexity index is 480. The van der Waals surface area contributed by atoms with Crippen LogP contribution in [0.2, 0.25) is 0 Å². The van der Waals surface area contributed by atoms with Crippen LogP contribution in [-0.4, -0.2) is 22.2 Å². The van der Waals surface area contributed by atoms with Gasteiger partial charge in [-0.3, -0.25) is 9.59 Å². The molecule has 8 bridgehead atoms. The number of carbonyl (C=O) groups is 2. The SMILES string of the molecule is O=C(O)[C@@H]1[C@H](C(=O)O)[C@H]2C3C4[C@H]5C=C[C@@H]4[C@@H]2[C@@H]5[C@H]31. The van der Waals surface area contributed by atoms with Gasteiger partial charge in [0.15, 0.2) is 0 Å². The fraction of sp³-hybridized carbons (Fsp3) is 0.714. The molecule has 6 aliphatic rings. The maximum Gasteiger partial charge on any atom is 0.307 e. The molecule has 18 heavy (non-hydrogen) atoms. The molecule has 94 valence electrons. The predicted molar refractivity (Wildman–Crippen MR) is 59.3 cm³/mol. The first-order valence-electron chi connectivity index (χ1n) is 6.77. The Morgan fingerprint density at radius 2 is 1.11 bits per heavy atom. The molecule has 5 saturated carbocycles. The summed E-state index contributed by atoms with van der Waals surface area (Å²) in [5.74, 6) is 0.353. The number of hydrogen-bond acceptors (Lipinski definition) is 2. The van der Waals surface area contributed by atoms with E-state index in [0.29, 0.717) is 35.5 Å². The highest BCUT2D eigenvalue weighted by Crippen LogP contribution is 2.82. The highest BCUT2D eigenvalue weighted by Gasteiger charge is 2.82. The van der Waals surface area contributed by atoms with Gasteiger partial charge in [-0.1, -0.05) is 12.2 Å². The molecular formula is C14H14O4. The molecule has 10 atom stereocenters. The van der Waals surface area contributed by atoms with Crippen molar-refractivity contribution in [3.05, 3.63) is 12.2 Å². The van der Waals surface area contributed by atoms with Gasteiger partial charge < -0.3 is 10.2 Å². The molecule has 0 aromatic carbocycles. The summed E-state index contributed by atoms with van der Waals surface area (Å²) in [6.07, 6.45) is 4.56. The number of carboxylic acids is 2. The van der Waals surface area contributed by atoms with Gasteiger partial charge in [0.25, 0.3) is 0 Å². The molecule has 0 spiro atoms. The number of allylic oxidation sites excluding steroid dienone is 2. The topological polar surface area (TPSA) is 74.6 Å². The molecule has 0 aliphatic heterocycles. The van der Waals surface area contributed by atoms with E-state index in [-0.39, 0.29) is 11.8 Å². The molecule has 2 N–H and O–H groups in total. The largest absolute Gasteiger partial charge is 0.481 e. The van der Waals surface area contributed by atoms with Gasteiger partial charge in [0.1, 0.15) is 0 Å². The van der Waals surface area contributed by atoms with Crippen LogP contribution in [0.15, 0.2) is 12.2 Å². The van der Waals surface area contributed by atoms with E-state index in [9.17, 15) is 19.8 Å².